The molecule has 6 heteroatoms. The fraction of sp³-hybridized carbons (Fsp3) is 0.381. The number of para-hydroxylation sites is 1. The smallest absolute Gasteiger partial charge is 0.229 e. The van der Waals surface area contributed by atoms with Gasteiger partial charge in [0.1, 0.15) is 12.4 Å². The molecular weight excluding hydrogens is 362 g/mol. The second-order valence-corrected chi connectivity index (χ2v) is 9.50. The largest absolute Gasteiger partial charge is 0.492 e. The van der Waals surface area contributed by atoms with Crippen LogP contribution in [-0.4, -0.2) is 44.7 Å². The van der Waals surface area contributed by atoms with E-state index in [4.69, 9.17) is 4.74 Å². The maximum Gasteiger partial charge on any atom is 0.229 e. The number of amides is 1. The molecule has 142 valence electrons. The van der Waals surface area contributed by atoms with Crippen LogP contribution in [-0.2, 0) is 21.1 Å². The van der Waals surface area contributed by atoms with Crippen LogP contribution in [0.2, 0.25) is 0 Å². The second-order valence-electron chi connectivity index (χ2n) is 7.20. The minimum Gasteiger partial charge on any atom is -0.492 e. The molecule has 2 aromatic carbocycles. The van der Waals surface area contributed by atoms with Gasteiger partial charge in [-0.15, -0.1) is 0 Å². The van der Waals surface area contributed by atoms with Gasteiger partial charge in [0.25, 0.3) is 0 Å². The molecule has 4 rings (SSSR count). The van der Waals surface area contributed by atoms with Crippen LogP contribution in [0.4, 0.5) is 0 Å². The Bertz CT molecular complexity index is 926. The molecule has 1 amide bonds. The molecule has 1 fully saturated rings. The van der Waals surface area contributed by atoms with Crippen molar-refractivity contribution in [3.8, 4) is 5.75 Å². The summed E-state index contributed by atoms with van der Waals surface area (Å²) in [7, 11) is -3.28. The van der Waals surface area contributed by atoms with E-state index in [1.165, 1.54) is 0 Å². The normalized spacial score (nSPS) is 24.4. The topological polar surface area (TPSA) is 63.7 Å². The highest BCUT2D eigenvalue weighted by molar-refractivity contribution is 7.91. The highest BCUT2D eigenvalue weighted by Crippen LogP contribution is 2.31. The number of hydrogen-bond donors (Lipinski definition) is 0. The van der Waals surface area contributed by atoms with Gasteiger partial charge < -0.3 is 9.64 Å². The number of ether oxygens (including phenoxy) is 1. The van der Waals surface area contributed by atoms with Gasteiger partial charge in [0.2, 0.25) is 5.91 Å². The van der Waals surface area contributed by atoms with Crippen LogP contribution < -0.4 is 4.74 Å². The van der Waals surface area contributed by atoms with Crippen LogP contribution in [0.5, 0.6) is 5.75 Å². The molecule has 2 atom stereocenters. The average Bonchev–Trinajstić information content (AvgIpc) is 2.85. The third-order valence-electron chi connectivity index (χ3n) is 5.45. The Morgan fingerprint density at radius 2 is 1.74 bits per heavy atom. The average molecular weight is 385 g/mol. The maximum atomic E-state index is 13.0. The number of hydrogen-bond acceptors (Lipinski definition) is 4. The molecule has 0 unspecified atom stereocenters. The van der Waals surface area contributed by atoms with Crippen LogP contribution in [0.25, 0.3) is 0 Å². The van der Waals surface area contributed by atoms with E-state index in [0.717, 1.165) is 16.9 Å². The lowest BCUT2D eigenvalue weighted by Crippen LogP contribution is -2.42. The molecule has 5 nitrogen and oxygen atoms in total. The first-order valence-corrected chi connectivity index (χ1v) is 11.0. The van der Waals surface area contributed by atoms with E-state index in [1.54, 1.807) is 4.90 Å². The second kappa shape index (κ2) is 7.35. The summed E-state index contributed by atoms with van der Waals surface area (Å²) in [6, 6.07) is 17.1. The van der Waals surface area contributed by atoms with Crippen molar-refractivity contribution in [2.75, 3.05) is 25.4 Å². The van der Waals surface area contributed by atoms with Gasteiger partial charge in [-0.1, -0.05) is 48.5 Å². The number of benzene rings is 2. The van der Waals surface area contributed by atoms with Gasteiger partial charge in [0.05, 0.1) is 16.9 Å². The van der Waals surface area contributed by atoms with E-state index >= 15 is 0 Å². The highest BCUT2D eigenvalue weighted by Gasteiger charge is 2.35. The molecule has 0 aliphatic carbocycles. The van der Waals surface area contributed by atoms with Crippen LogP contribution in [0.1, 0.15) is 22.8 Å². The SMILES string of the molecule is O=C([C@@H]1COc2ccccc2C1)N1CC[C@H](c2ccccc2)S(=O)(=O)CC1. The third kappa shape index (κ3) is 3.72. The van der Waals surface area contributed by atoms with Crippen LogP contribution in [0, 0.1) is 5.92 Å². The van der Waals surface area contributed by atoms with Gasteiger partial charge in [-0.2, -0.15) is 0 Å². The third-order valence-corrected chi connectivity index (χ3v) is 7.58. The Morgan fingerprint density at radius 3 is 2.56 bits per heavy atom. The summed E-state index contributed by atoms with van der Waals surface area (Å²) in [5.41, 5.74) is 1.84. The van der Waals surface area contributed by atoms with E-state index in [-0.39, 0.29) is 24.1 Å². The number of fused-ring (bicyclic) bond motifs is 1. The molecule has 2 aliphatic rings. The van der Waals surface area contributed by atoms with Crippen molar-refractivity contribution < 1.29 is 17.9 Å². The Labute approximate surface area is 159 Å². The highest BCUT2D eigenvalue weighted by atomic mass is 32.2. The maximum absolute atomic E-state index is 13.0. The van der Waals surface area contributed by atoms with Crippen molar-refractivity contribution in [1.29, 1.82) is 0 Å². The first-order chi connectivity index (χ1) is 13.0. The number of nitrogens with zero attached hydrogens (tertiary/aromatic N) is 1. The van der Waals surface area contributed by atoms with Crippen LogP contribution in [0.3, 0.4) is 0 Å². The Kier molecular flexibility index (Phi) is 4.91. The van der Waals surface area contributed by atoms with Crippen molar-refractivity contribution >= 4 is 15.7 Å². The molecule has 2 heterocycles. The molecular formula is C21H23NO4S. The molecule has 0 aromatic heterocycles. The van der Waals surface area contributed by atoms with E-state index in [2.05, 4.69) is 0 Å². The van der Waals surface area contributed by atoms with Crippen molar-refractivity contribution in [3.63, 3.8) is 0 Å². The molecule has 2 aromatic rings. The zero-order chi connectivity index (χ0) is 18.9. The lowest BCUT2D eigenvalue weighted by molar-refractivity contribution is -0.136. The standard InChI is InChI=1S/C21H23NO4S/c23-21(18-14-17-8-4-5-9-19(17)26-15-18)22-11-10-20(27(24,25)13-12-22)16-6-2-1-3-7-16/h1-9,18,20H,10-15H2/t18-,20+/m0/s1. The number of rotatable bonds is 2. The van der Waals surface area contributed by atoms with Gasteiger partial charge >= 0.3 is 0 Å². The number of sulfone groups is 1. The molecule has 0 bridgehead atoms. The van der Waals surface area contributed by atoms with E-state index in [9.17, 15) is 13.2 Å². The predicted molar refractivity (Wildman–Crippen MR) is 103 cm³/mol. The fourth-order valence-electron chi connectivity index (χ4n) is 3.95. The summed E-state index contributed by atoms with van der Waals surface area (Å²) >= 11 is 0. The van der Waals surface area contributed by atoms with Gasteiger partial charge in [-0.05, 0) is 30.0 Å². The monoisotopic (exact) mass is 385 g/mol. The van der Waals surface area contributed by atoms with Gasteiger partial charge in [-0.3, -0.25) is 4.79 Å². The number of carbonyl (C=O) groups excluding carboxylic acids is 1. The summed E-state index contributed by atoms with van der Waals surface area (Å²) < 4.78 is 31.2. The van der Waals surface area contributed by atoms with E-state index in [0.29, 0.717) is 26.0 Å². The van der Waals surface area contributed by atoms with E-state index < -0.39 is 15.1 Å². The molecule has 27 heavy (non-hydrogen) atoms. The lowest BCUT2D eigenvalue weighted by Gasteiger charge is -2.29. The van der Waals surface area contributed by atoms with Gasteiger partial charge in [-0.25, -0.2) is 8.42 Å². The summed E-state index contributed by atoms with van der Waals surface area (Å²) in [4.78, 5) is 14.7. The van der Waals surface area contributed by atoms with Crippen LogP contribution in [0.15, 0.2) is 54.6 Å². The molecule has 0 radical (unpaired) electrons. The van der Waals surface area contributed by atoms with Crippen molar-refractivity contribution in [2.24, 2.45) is 5.92 Å². The molecule has 0 spiro atoms. The van der Waals surface area contributed by atoms with Gasteiger partial charge in [0.15, 0.2) is 9.84 Å². The summed E-state index contributed by atoms with van der Waals surface area (Å²) in [6.45, 7) is 1.06. The Hall–Kier alpha value is -2.34. The lowest BCUT2D eigenvalue weighted by atomic mass is 9.95. The molecule has 2 aliphatic heterocycles. The molecule has 0 saturated carbocycles. The first-order valence-electron chi connectivity index (χ1n) is 9.30. The van der Waals surface area contributed by atoms with Crippen molar-refractivity contribution in [1.82, 2.24) is 4.90 Å². The quantitative estimate of drug-likeness (QED) is 0.797. The van der Waals surface area contributed by atoms with Crippen molar-refractivity contribution in [2.45, 2.75) is 18.1 Å². The van der Waals surface area contributed by atoms with Crippen molar-refractivity contribution in [3.05, 3.63) is 65.7 Å². The zero-order valence-corrected chi connectivity index (χ0v) is 15.9. The predicted octanol–water partition coefficient (Wildman–Crippen LogP) is 2.63. The Morgan fingerprint density at radius 1 is 1.00 bits per heavy atom. The van der Waals surface area contributed by atoms with E-state index in [1.807, 2.05) is 54.6 Å². The van der Waals surface area contributed by atoms with Gasteiger partial charge in [0, 0.05) is 13.1 Å². The fourth-order valence-corrected chi connectivity index (χ4v) is 5.75. The summed E-state index contributed by atoms with van der Waals surface area (Å²) in [6.07, 6.45) is 1.07. The summed E-state index contributed by atoms with van der Waals surface area (Å²) in [5, 5.41) is -0.542. The molecule has 1 saturated heterocycles. The minimum absolute atomic E-state index is 0.00245. The first kappa shape index (κ1) is 18.0. The zero-order valence-electron chi connectivity index (χ0n) is 15.1. The van der Waals surface area contributed by atoms with Crippen LogP contribution >= 0.6 is 0 Å². The molecule has 0 N–H and O–H groups in total. The summed E-state index contributed by atoms with van der Waals surface area (Å²) in [5.74, 6) is 0.580. The minimum atomic E-state index is -3.28. The number of carbonyl (C=O) groups is 1. The Balaban J connectivity index is 1.49.